The molecule has 1 atom stereocenters. The molecule has 120 valence electrons. The number of carbonyl (C=O) groups is 2. The first-order chi connectivity index (χ1) is 10.6. The number of hydrogen-bond acceptors (Lipinski definition) is 2. The molecule has 1 aromatic carbocycles. The summed E-state index contributed by atoms with van der Waals surface area (Å²) in [6.07, 6.45) is 3.99. The van der Waals surface area contributed by atoms with Gasteiger partial charge in [-0.3, -0.25) is 9.59 Å². The van der Waals surface area contributed by atoms with Gasteiger partial charge >= 0.3 is 0 Å². The molecule has 4 nitrogen and oxygen atoms in total. The average molecular weight is 302 g/mol. The third kappa shape index (κ3) is 4.09. The lowest BCUT2D eigenvalue weighted by Gasteiger charge is -2.38. The molecule has 2 amide bonds. The molecule has 1 aliphatic heterocycles. The van der Waals surface area contributed by atoms with Crippen molar-refractivity contribution < 1.29 is 9.59 Å². The Morgan fingerprint density at radius 3 is 2.50 bits per heavy atom. The molecular weight excluding hydrogens is 276 g/mol. The Morgan fingerprint density at radius 1 is 1.09 bits per heavy atom. The van der Waals surface area contributed by atoms with Crippen LogP contribution in [0, 0.1) is 0 Å². The molecule has 0 bridgehead atoms. The van der Waals surface area contributed by atoms with Crippen LogP contribution in [-0.2, 0) is 16.0 Å². The zero-order chi connectivity index (χ0) is 15.9. The van der Waals surface area contributed by atoms with E-state index >= 15 is 0 Å². The van der Waals surface area contributed by atoms with E-state index in [-0.39, 0.29) is 24.4 Å². The number of hydrogen-bond donors (Lipinski definition) is 0. The van der Waals surface area contributed by atoms with E-state index in [2.05, 4.69) is 19.1 Å². The minimum absolute atomic E-state index is 0.0760. The normalized spacial score (nSPS) is 18.9. The van der Waals surface area contributed by atoms with E-state index in [1.54, 1.807) is 9.80 Å². The quantitative estimate of drug-likeness (QED) is 0.726. The molecule has 0 saturated carbocycles. The molecule has 0 aliphatic carbocycles. The summed E-state index contributed by atoms with van der Waals surface area (Å²) in [4.78, 5) is 28.2. The largest absolute Gasteiger partial charge is 0.331 e. The Balaban J connectivity index is 1.90. The molecule has 22 heavy (non-hydrogen) atoms. The van der Waals surface area contributed by atoms with Crippen molar-refractivity contribution in [1.29, 1.82) is 0 Å². The van der Waals surface area contributed by atoms with Gasteiger partial charge in [0.05, 0.1) is 6.54 Å². The summed E-state index contributed by atoms with van der Waals surface area (Å²) < 4.78 is 0. The molecule has 0 radical (unpaired) electrons. The van der Waals surface area contributed by atoms with Crippen molar-refractivity contribution in [3.63, 3.8) is 0 Å². The van der Waals surface area contributed by atoms with Crippen molar-refractivity contribution in [2.75, 3.05) is 19.6 Å². The van der Waals surface area contributed by atoms with Crippen LogP contribution in [0.3, 0.4) is 0 Å². The number of benzene rings is 1. The Labute approximate surface area is 133 Å². The second-order valence-corrected chi connectivity index (χ2v) is 5.97. The fraction of sp³-hybridized carbons (Fsp3) is 0.556. The summed E-state index contributed by atoms with van der Waals surface area (Å²) in [6, 6.07) is 9.75. The molecule has 0 spiro atoms. The smallest absolute Gasteiger partial charge is 0.245 e. The number of piperazine rings is 1. The molecule has 1 aliphatic rings. The number of carbonyl (C=O) groups excluding carboxylic acids is 2. The van der Waals surface area contributed by atoms with Gasteiger partial charge in [-0.25, -0.2) is 0 Å². The van der Waals surface area contributed by atoms with Gasteiger partial charge in [0.1, 0.15) is 6.04 Å². The van der Waals surface area contributed by atoms with Gasteiger partial charge in [-0.2, -0.15) is 0 Å². The third-order valence-electron chi connectivity index (χ3n) is 4.30. The van der Waals surface area contributed by atoms with E-state index in [0.29, 0.717) is 13.1 Å². The predicted octanol–water partition coefficient (Wildman–Crippen LogP) is 2.48. The monoisotopic (exact) mass is 302 g/mol. The van der Waals surface area contributed by atoms with Crippen molar-refractivity contribution in [2.45, 2.75) is 45.6 Å². The van der Waals surface area contributed by atoms with Crippen LogP contribution < -0.4 is 0 Å². The van der Waals surface area contributed by atoms with Gasteiger partial charge < -0.3 is 9.80 Å². The second kappa shape index (κ2) is 7.97. The molecule has 4 heteroatoms. The van der Waals surface area contributed by atoms with E-state index in [4.69, 9.17) is 0 Å². The van der Waals surface area contributed by atoms with Crippen LogP contribution in [0.2, 0.25) is 0 Å². The zero-order valence-electron chi connectivity index (χ0n) is 13.6. The van der Waals surface area contributed by atoms with Gasteiger partial charge in [0.25, 0.3) is 0 Å². The zero-order valence-corrected chi connectivity index (χ0v) is 13.6. The van der Waals surface area contributed by atoms with Crippen LogP contribution in [-0.4, -0.2) is 47.3 Å². The Bertz CT molecular complexity index is 501. The highest BCUT2D eigenvalue weighted by molar-refractivity contribution is 5.94. The Morgan fingerprint density at radius 2 is 1.82 bits per heavy atom. The summed E-state index contributed by atoms with van der Waals surface area (Å²) in [5.41, 5.74) is 1.20. The van der Waals surface area contributed by atoms with Crippen molar-refractivity contribution in [2.24, 2.45) is 0 Å². The van der Waals surface area contributed by atoms with Crippen molar-refractivity contribution in [3.05, 3.63) is 35.9 Å². The molecule has 1 aromatic rings. The van der Waals surface area contributed by atoms with Gasteiger partial charge in [-0.1, -0.05) is 50.1 Å². The topological polar surface area (TPSA) is 40.6 Å². The van der Waals surface area contributed by atoms with Crippen LogP contribution in [0.1, 0.15) is 38.7 Å². The van der Waals surface area contributed by atoms with Gasteiger partial charge in [0.15, 0.2) is 0 Å². The number of rotatable bonds is 7. The molecule has 0 unspecified atom stereocenters. The number of amides is 2. The van der Waals surface area contributed by atoms with Gasteiger partial charge in [-0.05, 0) is 25.3 Å². The van der Waals surface area contributed by atoms with E-state index in [1.807, 2.05) is 25.1 Å². The minimum atomic E-state index is -0.325. The van der Waals surface area contributed by atoms with Crippen LogP contribution >= 0.6 is 0 Å². The summed E-state index contributed by atoms with van der Waals surface area (Å²) in [7, 11) is 0. The molecule has 1 fully saturated rings. The van der Waals surface area contributed by atoms with Gasteiger partial charge in [0.2, 0.25) is 11.8 Å². The van der Waals surface area contributed by atoms with Crippen molar-refractivity contribution >= 4 is 11.8 Å². The lowest BCUT2D eigenvalue weighted by Crippen LogP contribution is -2.59. The van der Waals surface area contributed by atoms with Crippen molar-refractivity contribution in [1.82, 2.24) is 9.80 Å². The molecule has 2 rings (SSSR count). The minimum Gasteiger partial charge on any atom is -0.331 e. The number of unbranched alkanes of at least 4 members (excludes halogenated alkanes) is 2. The first-order valence-corrected chi connectivity index (χ1v) is 8.25. The summed E-state index contributed by atoms with van der Waals surface area (Å²) in [5.74, 6) is 0.156. The summed E-state index contributed by atoms with van der Waals surface area (Å²) in [5, 5.41) is 0. The molecule has 1 saturated heterocycles. The molecule has 0 N–H and O–H groups in total. The Hall–Kier alpha value is -1.84. The SMILES string of the molecule is CCCCCN1C(=O)CN(CCc2ccccc2)C(=O)[C@H]1C. The summed E-state index contributed by atoms with van der Waals surface area (Å²) in [6.45, 7) is 5.52. The fourth-order valence-corrected chi connectivity index (χ4v) is 2.89. The van der Waals surface area contributed by atoms with E-state index in [9.17, 15) is 9.59 Å². The average Bonchev–Trinajstić information content (AvgIpc) is 2.54. The standard InChI is InChI=1S/C18H26N2O2/c1-3-4-8-12-20-15(2)18(22)19(14-17(20)21)13-11-16-9-6-5-7-10-16/h5-7,9-10,15H,3-4,8,11-14H2,1-2H3/t15-/m1/s1. The highest BCUT2D eigenvalue weighted by atomic mass is 16.2. The molecule has 1 heterocycles. The molecular formula is C18H26N2O2. The lowest BCUT2D eigenvalue weighted by atomic mass is 10.1. The maximum Gasteiger partial charge on any atom is 0.245 e. The van der Waals surface area contributed by atoms with Gasteiger partial charge in [-0.15, -0.1) is 0 Å². The highest BCUT2D eigenvalue weighted by Crippen LogP contribution is 2.14. The van der Waals surface area contributed by atoms with Crippen LogP contribution in [0.15, 0.2) is 30.3 Å². The van der Waals surface area contributed by atoms with E-state index in [1.165, 1.54) is 5.56 Å². The summed E-state index contributed by atoms with van der Waals surface area (Å²) >= 11 is 0. The predicted molar refractivity (Wildman–Crippen MR) is 87.4 cm³/mol. The fourth-order valence-electron chi connectivity index (χ4n) is 2.89. The van der Waals surface area contributed by atoms with Crippen molar-refractivity contribution in [3.8, 4) is 0 Å². The maximum atomic E-state index is 12.5. The van der Waals surface area contributed by atoms with E-state index in [0.717, 1.165) is 25.7 Å². The lowest BCUT2D eigenvalue weighted by molar-refractivity contribution is -0.155. The van der Waals surface area contributed by atoms with Crippen LogP contribution in [0.5, 0.6) is 0 Å². The highest BCUT2D eigenvalue weighted by Gasteiger charge is 2.35. The molecule has 0 aromatic heterocycles. The van der Waals surface area contributed by atoms with E-state index < -0.39 is 0 Å². The first kappa shape index (κ1) is 16.5. The van der Waals surface area contributed by atoms with Gasteiger partial charge in [0, 0.05) is 13.1 Å². The Kier molecular flexibility index (Phi) is 5.99. The maximum absolute atomic E-state index is 12.5. The van der Waals surface area contributed by atoms with Crippen LogP contribution in [0.25, 0.3) is 0 Å². The second-order valence-electron chi connectivity index (χ2n) is 5.97. The third-order valence-corrected chi connectivity index (χ3v) is 4.30. The first-order valence-electron chi connectivity index (χ1n) is 8.25. The number of nitrogens with zero attached hydrogens (tertiary/aromatic N) is 2. The van der Waals surface area contributed by atoms with Crippen LogP contribution in [0.4, 0.5) is 0 Å².